The van der Waals surface area contributed by atoms with Crippen LogP contribution < -0.4 is 5.32 Å². The summed E-state index contributed by atoms with van der Waals surface area (Å²) in [5.41, 5.74) is 2.81. The van der Waals surface area contributed by atoms with Gasteiger partial charge in [-0.3, -0.25) is 9.59 Å². The highest BCUT2D eigenvalue weighted by Gasteiger charge is 2.36. The molecule has 2 heterocycles. The molecule has 6 nitrogen and oxygen atoms in total. The van der Waals surface area contributed by atoms with Gasteiger partial charge in [0.1, 0.15) is 10.9 Å². The normalized spacial score (nSPS) is 16.5. The standard InChI is InChI=1S/C18H18N2O4S2/c1-10-4-3-5-12(11(10)2)19-16(21)13-8-25-9-20(13)17(22)14-6-7-15(26-14)18(23)24/h3-7,13H,8-9H2,1-2H3,(H,19,21)(H,23,24). The van der Waals surface area contributed by atoms with Crippen molar-refractivity contribution in [2.75, 3.05) is 16.9 Å². The summed E-state index contributed by atoms with van der Waals surface area (Å²) in [5, 5.41) is 11.9. The third-order valence-corrected chi connectivity index (χ3v) is 6.41. The Labute approximate surface area is 159 Å². The lowest BCUT2D eigenvalue weighted by atomic mass is 10.1. The second kappa shape index (κ2) is 7.51. The zero-order valence-electron chi connectivity index (χ0n) is 14.3. The summed E-state index contributed by atoms with van der Waals surface area (Å²) in [4.78, 5) is 38.4. The summed E-state index contributed by atoms with van der Waals surface area (Å²) in [6, 6.07) is 8.02. The fourth-order valence-electron chi connectivity index (χ4n) is 2.67. The monoisotopic (exact) mass is 390 g/mol. The largest absolute Gasteiger partial charge is 0.477 e. The van der Waals surface area contributed by atoms with E-state index in [0.29, 0.717) is 16.5 Å². The molecule has 8 heteroatoms. The number of aromatic carboxylic acids is 1. The molecule has 3 rings (SSSR count). The van der Waals surface area contributed by atoms with Gasteiger partial charge in [-0.15, -0.1) is 23.1 Å². The van der Waals surface area contributed by atoms with Crippen LogP contribution in [0.5, 0.6) is 0 Å². The Hall–Kier alpha value is -2.32. The number of nitrogens with one attached hydrogen (secondary N) is 1. The molecule has 136 valence electrons. The van der Waals surface area contributed by atoms with Crippen molar-refractivity contribution >= 4 is 46.6 Å². The predicted octanol–water partition coefficient (Wildman–Crippen LogP) is 3.22. The molecule has 0 radical (unpaired) electrons. The average molecular weight is 390 g/mol. The van der Waals surface area contributed by atoms with Gasteiger partial charge in [0.15, 0.2) is 0 Å². The van der Waals surface area contributed by atoms with Crippen LogP contribution in [0.15, 0.2) is 30.3 Å². The molecular weight excluding hydrogens is 372 g/mol. The predicted molar refractivity (Wildman–Crippen MR) is 103 cm³/mol. The third-order valence-electron chi connectivity index (χ3n) is 4.34. The van der Waals surface area contributed by atoms with Crippen molar-refractivity contribution in [1.29, 1.82) is 0 Å². The number of hydrogen-bond acceptors (Lipinski definition) is 5. The molecule has 0 aliphatic carbocycles. The van der Waals surface area contributed by atoms with Gasteiger partial charge in [0, 0.05) is 11.4 Å². The van der Waals surface area contributed by atoms with Crippen LogP contribution in [0.1, 0.15) is 30.5 Å². The Balaban J connectivity index is 1.76. The number of anilines is 1. The smallest absolute Gasteiger partial charge is 0.345 e. The number of carboxylic acids is 1. The van der Waals surface area contributed by atoms with E-state index in [1.54, 1.807) is 0 Å². The van der Waals surface area contributed by atoms with Crippen molar-refractivity contribution in [1.82, 2.24) is 4.90 Å². The van der Waals surface area contributed by atoms with E-state index >= 15 is 0 Å². The summed E-state index contributed by atoms with van der Waals surface area (Å²) in [6.07, 6.45) is 0. The Bertz CT molecular complexity index is 878. The lowest BCUT2D eigenvalue weighted by molar-refractivity contribution is -0.119. The van der Waals surface area contributed by atoms with Crippen LogP contribution in [-0.4, -0.2) is 45.5 Å². The van der Waals surface area contributed by atoms with Crippen molar-refractivity contribution in [3.63, 3.8) is 0 Å². The maximum Gasteiger partial charge on any atom is 0.345 e. The summed E-state index contributed by atoms with van der Waals surface area (Å²) in [6.45, 7) is 3.92. The zero-order valence-corrected chi connectivity index (χ0v) is 15.9. The fourth-order valence-corrected chi connectivity index (χ4v) is 4.63. The van der Waals surface area contributed by atoms with E-state index in [0.717, 1.165) is 28.2 Å². The maximum atomic E-state index is 12.7. The van der Waals surface area contributed by atoms with Gasteiger partial charge in [-0.2, -0.15) is 0 Å². The average Bonchev–Trinajstić information content (AvgIpc) is 3.27. The van der Waals surface area contributed by atoms with Gasteiger partial charge < -0.3 is 15.3 Å². The number of carboxylic acid groups (broad SMARTS) is 1. The first kappa shape index (κ1) is 18.5. The number of hydrogen-bond donors (Lipinski definition) is 2. The SMILES string of the molecule is Cc1cccc(NC(=O)C2CSCN2C(=O)c2ccc(C(=O)O)s2)c1C. The molecule has 1 atom stereocenters. The van der Waals surface area contributed by atoms with E-state index in [2.05, 4.69) is 5.32 Å². The molecule has 1 aromatic heterocycles. The molecule has 0 bridgehead atoms. The molecular formula is C18H18N2O4S2. The summed E-state index contributed by atoms with van der Waals surface area (Å²) < 4.78 is 0. The zero-order chi connectivity index (χ0) is 18.8. The first-order valence-electron chi connectivity index (χ1n) is 7.97. The van der Waals surface area contributed by atoms with E-state index in [1.165, 1.54) is 28.8 Å². The molecule has 1 aliphatic rings. The lowest BCUT2D eigenvalue weighted by Gasteiger charge is -2.23. The van der Waals surface area contributed by atoms with Gasteiger partial charge in [0.2, 0.25) is 5.91 Å². The molecule has 1 aromatic carbocycles. The highest BCUT2D eigenvalue weighted by Crippen LogP contribution is 2.27. The molecule has 1 unspecified atom stereocenters. The number of thioether (sulfide) groups is 1. The van der Waals surface area contributed by atoms with Crippen LogP contribution in [0.3, 0.4) is 0 Å². The maximum absolute atomic E-state index is 12.7. The number of rotatable bonds is 4. The van der Waals surface area contributed by atoms with Crippen molar-refractivity contribution in [3.05, 3.63) is 51.2 Å². The van der Waals surface area contributed by atoms with Crippen LogP contribution in [-0.2, 0) is 4.79 Å². The number of carbonyl (C=O) groups is 3. The van der Waals surface area contributed by atoms with E-state index in [9.17, 15) is 14.4 Å². The van der Waals surface area contributed by atoms with Crippen LogP contribution in [0.2, 0.25) is 0 Å². The highest BCUT2D eigenvalue weighted by atomic mass is 32.2. The minimum absolute atomic E-state index is 0.108. The van der Waals surface area contributed by atoms with Crippen molar-refractivity contribution in [3.8, 4) is 0 Å². The van der Waals surface area contributed by atoms with Crippen molar-refractivity contribution in [2.24, 2.45) is 0 Å². The minimum atomic E-state index is -1.06. The number of benzene rings is 1. The van der Waals surface area contributed by atoms with Gasteiger partial charge in [-0.05, 0) is 43.2 Å². The molecule has 2 amide bonds. The fraction of sp³-hybridized carbons (Fsp3) is 0.278. The lowest BCUT2D eigenvalue weighted by Crippen LogP contribution is -2.44. The van der Waals surface area contributed by atoms with Gasteiger partial charge in [-0.1, -0.05) is 12.1 Å². The van der Waals surface area contributed by atoms with Crippen LogP contribution in [0.4, 0.5) is 5.69 Å². The number of thiophene rings is 1. The van der Waals surface area contributed by atoms with E-state index in [1.807, 2.05) is 32.0 Å². The minimum Gasteiger partial charge on any atom is -0.477 e. The molecule has 1 fully saturated rings. The molecule has 2 N–H and O–H groups in total. The quantitative estimate of drug-likeness (QED) is 0.837. The first-order chi connectivity index (χ1) is 12.4. The molecule has 2 aromatic rings. The summed E-state index contributed by atoms with van der Waals surface area (Å²) >= 11 is 2.43. The van der Waals surface area contributed by atoms with Crippen molar-refractivity contribution in [2.45, 2.75) is 19.9 Å². The number of amides is 2. The second-order valence-corrected chi connectivity index (χ2v) is 8.08. The van der Waals surface area contributed by atoms with Gasteiger partial charge in [0.05, 0.1) is 10.8 Å². The molecule has 1 saturated heterocycles. The number of aryl methyl sites for hydroxylation is 1. The third kappa shape index (κ3) is 3.61. The molecule has 0 spiro atoms. The molecule has 0 saturated carbocycles. The van der Waals surface area contributed by atoms with Crippen molar-refractivity contribution < 1.29 is 19.5 Å². The molecule has 26 heavy (non-hydrogen) atoms. The Morgan fingerprint density at radius 3 is 2.58 bits per heavy atom. The van der Waals surface area contributed by atoms with Crippen LogP contribution in [0, 0.1) is 13.8 Å². The van der Waals surface area contributed by atoms with E-state index < -0.39 is 12.0 Å². The Kier molecular flexibility index (Phi) is 5.33. The topological polar surface area (TPSA) is 86.7 Å². The van der Waals surface area contributed by atoms with E-state index in [4.69, 9.17) is 5.11 Å². The highest BCUT2D eigenvalue weighted by molar-refractivity contribution is 7.99. The summed E-state index contributed by atoms with van der Waals surface area (Å²) in [5.74, 6) is -0.682. The van der Waals surface area contributed by atoms with Crippen LogP contribution in [0.25, 0.3) is 0 Å². The van der Waals surface area contributed by atoms with Gasteiger partial charge in [-0.25, -0.2) is 4.79 Å². The number of carbonyl (C=O) groups excluding carboxylic acids is 2. The Morgan fingerprint density at radius 1 is 1.15 bits per heavy atom. The Morgan fingerprint density at radius 2 is 1.88 bits per heavy atom. The number of nitrogens with zero attached hydrogens (tertiary/aromatic N) is 1. The van der Waals surface area contributed by atoms with Gasteiger partial charge in [0.25, 0.3) is 5.91 Å². The van der Waals surface area contributed by atoms with Gasteiger partial charge >= 0.3 is 5.97 Å². The second-order valence-electron chi connectivity index (χ2n) is 6.00. The van der Waals surface area contributed by atoms with E-state index in [-0.39, 0.29) is 16.7 Å². The van der Waals surface area contributed by atoms with Crippen LogP contribution >= 0.6 is 23.1 Å². The first-order valence-corrected chi connectivity index (χ1v) is 9.94. The molecule has 1 aliphatic heterocycles. The summed E-state index contributed by atoms with van der Waals surface area (Å²) in [7, 11) is 0.